The van der Waals surface area contributed by atoms with Gasteiger partial charge in [0.2, 0.25) is 11.8 Å². The molecule has 1 aromatic heterocycles. The van der Waals surface area contributed by atoms with Crippen molar-refractivity contribution in [3.63, 3.8) is 0 Å². The zero-order valence-corrected chi connectivity index (χ0v) is 22.8. The summed E-state index contributed by atoms with van der Waals surface area (Å²) < 4.78 is 0. The Labute approximate surface area is 217 Å². The van der Waals surface area contributed by atoms with E-state index in [1.165, 1.54) is 4.88 Å². The van der Waals surface area contributed by atoms with Crippen molar-refractivity contribution in [2.24, 2.45) is 11.3 Å². The number of fused-ring (bicyclic) bond motifs is 1. The van der Waals surface area contributed by atoms with Gasteiger partial charge in [-0.3, -0.25) is 9.59 Å². The summed E-state index contributed by atoms with van der Waals surface area (Å²) in [6.07, 6.45) is 3.83. The molecule has 1 aliphatic rings. The molecule has 0 aliphatic carbocycles. The maximum Gasteiger partial charge on any atom is 0.243 e. The van der Waals surface area contributed by atoms with Crippen LogP contribution in [0.4, 0.5) is 0 Å². The van der Waals surface area contributed by atoms with Gasteiger partial charge in [0.25, 0.3) is 0 Å². The van der Waals surface area contributed by atoms with Crippen LogP contribution in [0, 0.1) is 11.3 Å². The summed E-state index contributed by atoms with van der Waals surface area (Å²) in [5.41, 5.74) is 2.09. The molecule has 184 valence electrons. The Balaban J connectivity index is 1.82. The van der Waals surface area contributed by atoms with Crippen LogP contribution in [0.1, 0.15) is 62.6 Å². The molecule has 0 fully saturated rings. The number of amides is 2. The highest BCUT2D eigenvalue weighted by Crippen LogP contribution is 2.41. The van der Waals surface area contributed by atoms with Crippen LogP contribution in [0.2, 0.25) is 10.0 Å². The van der Waals surface area contributed by atoms with Crippen molar-refractivity contribution in [2.75, 3.05) is 19.6 Å². The number of thiophene rings is 1. The second kappa shape index (κ2) is 11.3. The van der Waals surface area contributed by atoms with Gasteiger partial charge in [0.1, 0.15) is 6.54 Å². The quantitative estimate of drug-likeness (QED) is 0.351. The third-order valence-corrected chi connectivity index (χ3v) is 7.61. The maximum absolute atomic E-state index is 13.6. The van der Waals surface area contributed by atoms with E-state index in [0.29, 0.717) is 29.6 Å². The zero-order chi connectivity index (χ0) is 25.0. The van der Waals surface area contributed by atoms with Gasteiger partial charge >= 0.3 is 0 Å². The van der Waals surface area contributed by atoms with Gasteiger partial charge in [0, 0.05) is 34.4 Å². The summed E-state index contributed by atoms with van der Waals surface area (Å²) in [7, 11) is 0. The van der Waals surface area contributed by atoms with E-state index in [0.717, 1.165) is 24.0 Å². The fraction of sp³-hybridized carbons (Fsp3) is 0.481. The second-order valence-corrected chi connectivity index (χ2v) is 12.2. The highest BCUT2D eigenvalue weighted by Gasteiger charge is 2.35. The van der Waals surface area contributed by atoms with Crippen molar-refractivity contribution in [1.29, 1.82) is 0 Å². The van der Waals surface area contributed by atoms with Gasteiger partial charge in [-0.05, 0) is 58.9 Å². The third-order valence-electron chi connectivity index (χ3n) is 6.06. The van der Waals surface area contributed by atoms with E-state index >= 15 is 0 Å². The summed E-state index contributed by atoms with van der Waals surface area (Å²) in [4.78, 5) is 31.5. The van der Waals surface area contributed by atoms with Crippen LogP contribution < -0.4 is 0 Å². The number of rotatable bonds is 8. The van der Waals surface area contributed by atoms with E-state index < -0.39 is 0 Å². The monoisotopic (exact) mass is 520 g/mol. The lowest BCUT2D eigenvalue weighted by molar-refractivity contribution is -0.141. The van der Waals surface area contributed by atoms with Gasteiger partial charge in [0.15, 0.2) is 0 Å². The molecule has 34 heavy (non-hydrogen) atoms. The molecule has 0 saturated carbocycles. The van der Waals surface area contributed by atoms with Crippen molar-refractivity contribution in [3.8, 4) is 0 Å². The number of carbonyl (C=O) groups is 2. The Morgan fingerprint density at radius 3 is 2.65 bits per heavy atom. The number of carbonyl (C=O) groups excluding carboxylic acids is 2. The lowest BCUT2D eigenvalue weighted by Crippen LogP contribution is -2.47. The molecule has 2 heterocycles. The van der Waals surface area contributed by atoms with E-state index in [2.05, 4.69) is 45.7 Å². The Hall–Kier alpha value is -1.82. The van der Waals surface area contributed by atoms with Gasteiger partial charge in [-0.25, -0.2) is 0 Å². The minimum Gasteiger partial charge on any atom is -0.330 e. The fourth-order valence-electron chi connectivity index (χ4n) is 4.85. The molecular formula is C27H34Cl2N2O2S. The minimum atomic E-state index is -0.298. The summed E-state index contributed by atoms with van der Waals surface area (Å²) >= 11 is 14.4. The first kappa shape index (κ1) is 26.8. The average molecular weight is 522 g/mol. The van der Waals surface area contributed by atoms with Crippen molar-refractivity contribution in [1.82, 2.24) is 9.80 Å². The van der Waals surface area contributed by atoms with E-state index in [1.807, 2.05) is 11.0 Å². The molecule has 0 spiro atoms. The number of hydrogen-bond donors (Lipinski definition) is 0. The lowest BCUT2D eigenvalue weighted by Gasteiger charge is -2.38. The summed E-state index contributed by atoms with van der Waals surface area (Å²) in [5.74, 6) is 0.129. The molecule has 3 rings (SSSR count). The van der Waals surface area contributed by atoms with Gasteiger partial charge in [-0.1, -0.05) is 63.0 Å². The lowest BCUT2D eigenvalue weighted by atomic mass is 9.84. The number of halogens is 2. The molecule has 1 aromatic carbocycles. The van der Waals surface area contributed by atoms with Gasteiger partial charge in [-0.15, -0.1) is 17.9 Å². The van der Waals surface area contributed by atoms with Crippen LogP contribution in [0.3, 0.4) is 0 Å². The first-order valence-corrected chi connectivity index (χ1v) is 13.3. The number of benzene rings is 1. The largest absolute Gasteiger partial charge is 0.330 e. The molecule has 7 heteroatoms. The normalized spacial score (nSPS) is 16.6. The van der Waals surface area contributed by atoms with E-state index in [9.17, 15) is 9.59 Å². The van der Waals surface area contributed by atoms with Crippen LogP contribution in [0.5, 0.6) is 0 Å². The maximum atomic E-state index is 13.6. The van der Waals surface area contributed by atoms with E-state index in [-0.39, 0.29) is 35.7 Å². The van der Waals surface area contributed by atoms with Crippen LogP contribution >= 0.6 is 34.5 Å². The molecule has 2 amide bonds. The smallest absolute Gasteiger partial charge is 0.243 e. The Kier molecular flexibility index (Phi) is 8.88. The predicted molar refractivity (Wildman–Crippen MR) is 143 cm³/mol. The molecule has 2 atom stereocenters. The minimum absolute atomic E-state index is 0.0145. The molecule has 0 N–H and O–H groups in total. The predicted octanol–water partition coefficient (Wildman–Crippen LogP) is 7.01. The average Bonchev–Trinajstić information content (AvgIpc) is 3.20. The van der Waals surface area contributed by atoms with E-state index in [1.54, 1.807) is 34.4 Å². The van der Waals surface area contributed by atoms with Gasteiger partial charge in [-0.2, -0.15) is 0 Å². The molecule has 2 aromatic rings. The molecule has 0 saturated heterocycles. The van der Waals surface area contributed by atoms with Crippen LogP contribution in [-0.4, -0.2) is 41.2 Å². The van der Waals surface area contributed by atoms with Crippen LogP contribution in [0.15, 0.2) is 42.3 Å². The van der Waals surface area contributed by atoms with Gasteiger partial charge < -0.3 is 9.80 Å². The third kappa shape index (κ3) is 6.65. The van der Waals surface area contributed by atoms with Crippen molar-refractivity contribution < 1.29 is 9.59 Å². The second-order valence-electron chi connectivity index (χ2n) is 10.3. The summed E-state index contributed by atoms with van der Waals surface area (Å²) in [6.45, 7) is 13.4. The topological polar surface area (TPSA) is 40.6 Å². The molecule has 2 unspecified atom stereocenters. The van der Waals surface area contributed by atoms with Crippen LogP contribution in [-0.2, 0) is 16.0 Å². The molecular weight excluding hydrogens is 487 g/mol. The van der Waals surface area contributed by atoms with Crippen molar-refractivity contribution >= 4 is 46.4 Å². The first-order valence-electron chi connectivity index (χ1n) is 11.7. The van der Waals surface area contributed by atoms with Crippen LogP contribution in [0.25, 0.3) is 0 Å². The molecule has 1 aliphatic heterocycles. The summed E-state index contributed by atoms with van der Waals surface area (Å²) in [6, 6.07) is 7.18. The fourth-order valence-corrected chi connectivity index (χ4v) is 6.27. The Morgan fingerprint density at radius 2 is 2.00 bits per heavy atom. The number of nitrogens with zero attached hydrogens (tertiary/aromatic N) is 2. The Bertz CT molecular complexity index is 1040. The highest BCUT2D eigenvalue weighted by atomic mass is 35.5. The van der Waals surface area contributed by atoms with Gasteiger partial charge in [0.05, 0.1) is 6.04 Å². The van der Waals surface area contributed by atoms with Crippen molar-refractivity contribution in [2.45, 2.75) is 53.0 Å². The molecule has 0 bridgehead atoms. The highest BCUT2D eigenvalue weighted by molar-refractivity contribution is 7.10. The first-order chi connectivity index (χ1) is 16.0. The number of hydrogen-bond acceptors (Lipinski definition) is 3. The molecule has 4 nitrogen and oxygen atoms in total. The zero-order valence-electron chi connectivity index (χ0n) is 20.4. The Morgan fingerprint density at radius 1 is 1.26 bits per heavy atom. The molecule has 0 radical (unpaired) electrons. The summed E-state index contributed by atoms with van der Waals surface area (Å²) in [5, 5.41) is 3.14. The van der Waals surface area contributed by atoms with Crippen molar-refractivity contribution in [3.05, 3.63) is 68.3 Å². The SMILES string of the molecule is C=CCN(CC(=O)N1CCc2sccc2C1c1ccc(Cl)cc1Cl)C(=O)CC(C)CC(C)(C)C. The van der Waals surface area contributed by atoms with E-state index in [4.69, 9.17) is 23.2 Å². The standard InChI is InChI=1S/C27H34Cl2N2O2S/c1-6-11-30(24(32)14-18(2)16-27(3,4)5)17-25(33)31-12-9-23-21(10-13-34-23)26(31)20-8-7-19(28)15-22(20)29/h6-8,10,13,15,18,26H,1,9,11-12,14,16-17H2,2-5H3.